The van der Waals surface area contributed by atoms with Crippen LogP contribution >= 0.6 is 0 Å². The van der Waals surface area contributed by atoms with Crippen molar-refractivity contribution in [1.82, 2.24) is 14.7 Å². The molecule has 2 saturated heterocycles. The molecule has 1 N–H and O–H groups in total. The Kier molecular flexibility index (Phi) is 7.08. The van der Waals surface area contributed by atoms with Crippen LogP contribution in [0.1, 0.15) is 40.0 Å². The maximum atomic E-state index is 13.1. The van der Waals surface area contributed by atoms with Crippen molar-refractivity contribution in [2.75, 3.05) is 49.6 Å². The molecule has 2 aliphatic rings. The number of hydrogen-bond donors (Lipinski definition) is 1. The fourth-order valence-electron chi connectivity index (χ4n) is 5.20. The molecule has 0 atom stereocenters. The summed E-state index contributed by atoms with van der Waals surface area (Å²) in [6.07, 6.45) is 9.74. The predicted octanol–water partition coefficient (Wildman–Crippen LogP) is 4.02. The van der Waals surface area contributed by atoms with Crippen LogP contribution in [0, 0.1) is 26.2 Å². The van der Waals surface area contributed by atoms with Crippen LogP contribution in [0.5, 0.6) is 0 Å². The van der Waals surface area contributed by atoms with E-state index < -0.39 is 0 Å². The second kappa shape index (κ2) is 10.6. The Morgan fingerprint density at radius 1 is 1.06 bits per heavy atom. The summed E-state index contributed by atoms with van der Waals surface area (Å²) >= 11 is 0. The second-order valence-electron chi connectivity index (χ2n) is 9.59. The fourth-order valence-corrected chi connectivity index (χ4v) is 5.20. The first-order valence-corrected chi connectivity index (χ1v) is 12.6. The smallest absolute Gasteiger partial charge is 0.259 e. The molecule has 186 valence electrons. The summed E-state index contributed by atoms with van der Waals surface area (Å²) in [6, 6.07) is 14.5. The number of piperidine rings is 1. The summed E-state index contributed by atoms with van der Waals surface area (Å²) in [5, 5.41) is 7.44. The highest BCUT2D eigenvalue weighted by Crippen LogP contribution is 2.28. The van der Waals surface area contributed by atoms with Gasteiger partial charge in [0.1, 0.15) is 0 Å². The van der Waals surface area contributed by atoms with E-state index in [-0.39, 0.29) is 5.91 Å². The van der Waals surface area contributed by atoms with Gasteiger partial charge in [0.2, 0.25) is 0 Å². The minimum Gasteiger partial charge on any atom is -0.379 e. The SMILES string of the molecule is C#Cc1cc(NC(=O)c2cnn(-c3ccc(C)cc3)c2C)ccc1N1CCC(N2CCOCC2)CC1. The van der Waals surface area contributed by atoms with Crippen molar-refractivity contribution in [3.63, 3.8) is 0 Å². The number of amides is 1. The van der Waals surface area contributed by atoms with Gasteiger partial charge in [0.15, 0.2) is 0 Å². The molecule has 2 aliphatic heterocycles. The summed E-state index contributed by atoms with van der Waals surface area (Å²) in [4.78, 5) is 18.0. The van der Waals surface area contributed by atoms with Gasteiger partial charge in [0.05, 0.1) is 42.0 Å². The topological polar surface area (TPSA) is 62.6 Å². The van der Waals surface area contributed by atoms with Gasteiger partial charge in [-0.15, -0.1) is 6.42 Å². The second-order valence-corrected chi connectivity index (χ2v) is 9.59. The molecule has 7 nitrogen and oxygen atoms in total. The molecule has 5 rings (SSSR count). The normalized spacial score (nSPS) is 17.1. The number of nitrogens with one attached hydrogen (secondary N) is 1. The number of carbonyl (C=O) groups is 1. The van der Waals surface area contributed by atoms with Gasteiger partial charge in [-0.3, -0.25) is 9.69 Å². The van der Waals surface area contributed by atoms with E-state index in [1.165, 1.54) is 5.56 Å². The number of ether oxygens (including phenoxy) is 1. The van der Waals surface area contributed by atoms with E-state index in [2.05, 4.69) is 26.1 Å². The first-order chi connectivity index (χ1) is 17.5. The van der Waals surface area contributed by atoms with Crippen molar-refractivity contribution in [2.24, 2.45) is 0 Å². The van der Waals surface area contributed by atoms with Crippen LogP contribution in [0.15, 0.2) is 48.7 Å². The van der Waals surface area contributed by atoms with Crippen molar-refractivity contribution >= 4 is 17.3 Å². The number of morpholine rings is 1. The number of nitrogens with zero attached hydrogens (tertiary/aromatic N) is 4. The minimum atomic E-state index is -0.201. The Morgan fingerprint density at radius 3 is 2.47 bits per heavy atom. The molecular formula is C29H33N5O2. The Morgan fingerprint density at radius 2 is 1.78 bits per heavy atom. The van der Waals surface area contributed by atoms with Gasteiger partial charge >= 0.3 is 0 Å². The number of carbonyl (C=O) groups excluding carboxylic acids is 1. The highest BCUT2D eigenvalue weighted by molar-refractivity contribution is 6.05. The zero-order chi connectivity index (χ0) is 25.1. The first-order valence-electron chi connectivity index (χ1n) is 12.6. The van der Waals surface area contributed by atoms with Gasteiger partial charge < -0.3 is 15.0 Å². The Balaban J connectivity index is 1.26. The van der Waals surface area contributed by atoms with E-state index in [0.29, 0.717) is 17.3 Å². The molecule has 2 fully saturated rings. The standard InChI is InChI=1S/C29H33N5O2/c1-4-23-19-24(7-10-28(23)33-13-11-25(12-14-33)32-15-17-36-18-16-32)31-29(35)27-20-30-34(22(27)3)26-8-5-21(2)6-9-26/h1,5-10,19-20,25H,11-18H2,2-3H3,(H,31,35). The molecule has 0 unspecified atom stereocenters. The lowest BCUT2D eigenvalue weighted by Gasteiger charge is -2.41. The van der Waals surface area contributed by atoms with Gasteiger partial charge in [-0.2, -0.15) is 5.10 Å². The zero-order valence-electron chi connectivity index (χ0n) is 21.0. The number of aryl methyl sites for hydroxylation is 1. The Hall–Kier alpha value is -3.60. The average Bonchev–Trinajstić information content (AvgIpc) is 3.31. The molecule has 1 amide bonds. The van der Waals surface area contributed by atoms with Crippen molar-refractivity contribution in [3.8, 4) is 18.0 Å². The van der Waals surface area contributed by atoms with Crippen LogP contribution in [0.3, 0.4) is 0 Å². The lowest BCUT2D eigenvalue weighted by atomic mass is 10.0. The molecule has 36 heavy (non-hydrogen) atoms. The molecule has 1 aromatic heterocycles. The third-order valence-corrected chi connectivity index (χ3v) is 7.31. The van der Waals surface area contributed by atoms with Crippen LogP contribution in [-0.2, 0) is 4.74 Å². The maximum Gasteiger partial charge on any atom is 0.259 e. The molecule has 2 aromatic carbocycles. The van der Waals surface area contributed by atoms with Gasteiger partial charge in [-0.1, -0.05) is 23.6 Å². The van der Waals surface area contributed by atoms with Crippen LogP contribution in [0.4, 0.5) is 11.4 Å². The van der Waals surface area contributed by atoms with E-state index >= 15 is 0 Å². The maximum absolute atomic E-state index is 13.1. The molecule has 0 saturated carbocycles. The zero-order valence-corrected chi connectivity index (χ0v) is 21.0. The van der Waals surface area contributed by atoms with E-state index in [1.807, 2.05) is 56.3 Å². The van der Waals surface area contributed by atoms with Crippen molar-refractivity contribution < 1.29 is 9.53 Å². The average molecular weight is 484 g/mol. The molecule has 0 bridgehead atoms. The van der Waals surface area contributed by atoms with E-state index in [1.54, 1.807) is 10.9 Å². The number of rotatable bonds is 5. The lowest BCUT2D eigenvalue weighted by molar-refractivity contribution is 0.0115. The number of benzene rings is 2. The highest BCUT2D eigenvalue weighted by Gasteiger charge is 2.27. The lowest BCUT2D eigenvalue weighted by Crippen LogP contribution is -2.49. The Labute approximate surface area is 213 Å². The summed E-state index contributed by atoms with van der Waals surface area (Å²) in [5.74, 6) is 2.63. The Bertz CT molecular complexity index is 1260. The third kappa shape index (κ3) is 5.01. The van der Waals surface area contributed by atoms with E-state index in [4.69, 9.17) is 11.2 Å². The van der Waals surface area contributed by atoms with Crippen molar-refractivity contribution in [1.29, 1.82) is 0 Å². The van der Waals surface area contributed by atoms with Crippen LogP contribution in [-0.4, -0.2) is 66.0 Å². The molecular weight excluding hydrogens is 450 g/mol. The molecule has 3 heterocycles. The quantitative estimate of drug-likeness (QED) is 0.556. The third-order valence-electron chi connectivity index (χ3n) is 7.31. The number of anilines is 2. The number of aromatic nitrogens is 2. The number of terminal acetylenes is 1. The highest BCUT2D eigenvalue weighted by atomic mass is 16.5. The molecule has 7 heteroatoms. The minimum absolute atomic E-state index is 0.201. The molecule has 0 radical (unpaired) electrons. The molecule has 0 aliphatic carbocycles. The first kappa shape index (κ1) is 24.1. The van der Waals surface area contributed by atoms with E-state index in [9.17, 15) is 4.79 Å². The summed E-state index contributed by atoms with van der Waals surface area (Å²) in [5.41, 5.74) is 5.95. The summed E-state index contributed by atoms with van der Waals surface area (Å²) in [6.45, 7) is 9.61. The van der Waals surface area contributed by atoms with Crippen LogP contribution in [0.25, 0.3) is 5.69 Å². The van der Waals surface area contributed by atoms with Gasteiger partial charge in [-0.05, 0) is 57.0 Å². The number of hydrogen-bond acceptors (Lipinski definition) is 5. The summed E-state index contributed by atoms with van der Waals surface area (Å²) < 4.78 is 7.28. The molecule has 0 spiro atoms. The molecule has 3 aromatic rings. The van der Waals surface area contributed by atoms with Gasteiger partial charge in [0.25, 0.3) is 5.91 Å². The fraction of sp³-hybridized carbons (Fsp3) is 0.379. The van der Waals surface area contributed by atoms with Crippen LogP contribution < -0.4 is 10.2 Å². The van der Waals surface area contributed by atoms with Gasteiger partial charge in [-0.25, -0.2) is 4.68 Å². The largest absolute Gasteiger partial charge is 0.379 e. The van der Waals surface area contributed by atoms with Crippen LogP contribution in [0.2, 0.25) is 0 Å². The summed E-state index contributed by atoms with van der Waals surface area (Å²) in [7, 11) is 0. The predicted molar refractivity (Wildman–Crippen MR) is 143 cm³/mol. The monoisotopic (exact) mass is 483 g/mol. The van der Waals surface area contributed by atoms with Gasteiger partial charge in [0, 0.05) is 43.5 Å². The van der Waals surface area contributed by atoms with E-state index in [0.717, 1.165) is 74.9 Å². The van der Waals surface area contributed by atoms with Crippen molar-refractivity contribution in [3.05, 3.63) is 71.0 Å². The van der Waals surface area contributed by atoms with Crippen molar-refractivity contribution in [2.45, 2.75) is 32.7 Å².